The fourth-order valence-corrected chi connectivity index (χ4v) is 1.18. The molecular weight excluding hydrogens is 208 g/mol. The molecule has 0 aliphatic carbocycles. The number of urea groups is 1. The van der Waals surface area contributed by atoms with Crippen LogP contribution in [0.1, 0.15) is 26.7 Å². The fraction of sp³-hybridized carbons (Fsp3) is 0.909. The van der Waals surface area contributed by atoms with Gasteiger partial charge in [0.25, 0.3) is 0 Å². The Morgan fingerprint density at radius 1 is 1.31 bits per heavy atom. The molecule has 0 bridgehead atoms. The number of methoxy groups -OCH3 is 1. The van der Waals surface area contributed by atoms with Crippen LogP contribution in [-0.4, -0.2) is 44.6 Å². The number of carbonyl (C=O) groups is 1. The molecule has 0 unspecified atom stereocenters. The molecule has 2 amide bonds. The van der Waals surface area contributed by atoms with Gasteiger partial charge in [-0.1, -0.05) is 13.8 Å². The van der Waals surface area contributed by atoms with Gasteiger partial charge < -0.3 is 20.5 Å². The molecule has 0 heterocycles. The first kappa shape index (κ1) is 15.2. The van der Waals surface area contributed by atoms with Crippen molar-refractivity contribution in [3.8, 4) is 0 Å². The van der Waals surface area contributed by atoms with Crippen molar-refractivity contribution in [3.05, 3.63) is 0 Å². The Labute approximate surface area is 97.6 Å². The van der Waals surface area contributed by atoms with Crippen molar-refractivity contribution in [2.75, 3.05) is 33.4 Å². The summed E-state index contributed by atoms with van der Waals surface area (Å²) in [5.74, 6) is 0. The molecule has 0 fully saturated rings. The molecule has 0 radical (unpaired) electrons. The standard InChI is InChI=1S/C11H24N2O3/c1-11(2,9-14)5-4-6-12-10(15)13-7-8-16-3/h14H,4-9H2,1-3H3,(H2,12,13,15). The van der Waals surface area contributed by atoms with Crippen LogP contribution in [0.4, 0.5) is 4.79 Å². The smallest absolute Gasteiger partial charge is 0.314 e. The minimum Gasteiger partial charge on any atom is -0.396 e. The number of ether oxygens (including phenoxy) is 1. The van der Waals surface area contributed by atoms with E-state index >= 15 is 0 Å². The van der Waals surface area contributed by atoms with Crippen molar-refractivity contribution < 1.29 is 14.6 Å². The molecule has 96 valence electrons. The van der Waals surface area contributed by atoms with Gasteiger partial charge in [-0.2, -0.15) is 0 Å². The minimum atomic E-state index is -0.168. The highest BCUT2D eigenvalue weighted by Gasteiger charge is 2.15. The van der Waals surface area contributed by atoms with E-state index in [1.807, 2.05) is 13.8 Å². The lowest BCUT2D eigenvalue weighted by Crippen LogP contribution is -2.38. The van der Waals surface area contributed by atoms with Crippen molar-refractivity contribution in [2.24, 2.45) is 5.41 Å². The first-order chi connectivity index (χ1) is 7.52. The molecule has 5 heteroatoms. The zero-order valence-corrected chi connectivity index (χ0v) is 10.5. The molecule has 0 saturated carbocycles. The summed E-state index contributed by atoms with van der Waals surface area (Å²) in [6.07, 6.45) is 1.76. The van der Waals surface area contributed by atoms with Gasteiger partial charge in [0.05, 0.1) is 6.61 Å². The van der Waals surface area contributed by atoms with E-state index in [0.29, 0.717) is 19.7 Å². The fourth-order valence-electron chi connectivity index (χ4n) is 1.18. The highest BCUT2D eigenvalue weighted by Crippen LogP contribution is 2.20. The third kappa shape index (κ3) is 8.49. The molecule has 3 N–H and O–H groups in total. The number of aliphatic hydroxyl groups is 1. The highest BCUT2D eigenvalue weighted by molar-refractivity contribution is 5.73. The van der Waals surface area contributed by atoms with E-state index in [2.05, 4.69) is 10.6 Å². The quantitative estimate of drug-likeness (QED) is 0.540. The second-order valence-corrected chi connectivity index (χ2v) is 4.60. The number of hydrogen-bond acceptors (Lipinski definition) is 3. The SMILES string of the molecule is COCCNC(=O)NCCCC(C)(C)CO. The lowest BCUT2D eigenvalue weighted by molar-refractivity contribution is 0.148. The van der Waals surface area contributed by atoms with Gasteiger partial charge in [0.2, 0.25) is 0 Å². The van der Waals surface area contributed by atoms with Gasteiger partial charge in [0.1, 0.15) is 0 Å². The van der Waals surface area contributed by atoms with Gasteiger partial charge in [-0.05, 0) is 18.3 Å². The van der Waals surface area contributed by atoms with Gasteiger partial charge in [0.15, 0.2) is 0 Å². The van der Waals surface area contributed by atoms with E-state index in [1.54, 1.807) is 7.11 Å². The Morgan fingerprint density at radius 3 is 2.50 bits per heavy atom. The maximum absolute atomic E-state index is 11.2. The summed E-state index contributed by atoms with van der Waals surface area (Å²) in [6.45, 7) is 5.85. The lowest BCUT2D eigenvalue weighted by atomic mass is 9.89. The Bertz CT molecular complexity index is 196. The van der Waals surface area contributed by atoms with E-state index in [0.717, 1.165) is 12.8 Å². The second-order valence-electron chi connectivity index (χ2n) is 4.60. The Morgan fingerprint density at radius 2 is 1.94 bits per heavy atom. The third-order valence-electron chi connectivity index (χ3n) is 2.34. The zero-order valence-electron chi connectivity index (χ0n) is 10.5. The number of rotatable bonds is 8. The monoisotopic (exact) mass is 232 g/mol. The minimum absolute atomic E-state index is 0.0613. The van der Waals surface area contributed by atoms with Gasteiger partial charge in [-0.15, -0.1) is 0 Å². The molecule has 0 rings (SSSR count). The summed E-state index contributed by atoms with van der Waals surface area (Å²) in [6, 6.07) is -0.168. The van der Waals surface area contributed by atoms with E-state index in [1.165, 1.54) is 0 Å². The molecule has 0 aromatic carbocycles. The zero-order chi connectivity index (χ0) is 12.4. The predicted octanol–water partition coefficient (Wildman–Crippen LogP) is 0.731. The van der Waals surface area contributed by atoms with Crippen LogP contribution in [-0.2, 0) is 4.74 Å². The van der Waals surface area contributed by atoms with Crippen LogP contribution >= 0.6 is 0 Å². The molecule has 0 spiro atoms. The molecule has 0 aliphatic rings. The largest absolute Gasteiger partial charge is 0.396 e. The number of amides is 2. The van der Waals surface area contributed by atoms with Gasteiger partial charge >= 0.3 is 6.03 Å². The van der Waals surface area contributed by atoms with Gasteiger partial charge in [-0.25, -0.2) is 4.79 Å². The van der Waals surface area contributed by atoms with Gasteiger partial charge in [-0.3, -0.25) is 0 Å². The summed E-state index contributed by atoms with van der Waals surface area (Å²) in [5.41, 5.74) is -0.0613. The molecule has 0 aromatic rings. The van der Waals surface area contributed by atoms with E-state index in [-0.39, 0.29) is 18.1 Å². The molecule has 0 saturated heterocycles. The topological polar surface area (TPSA) is 70.6 Å². The number of aliphatic hydroxyl groups excluding tert-OH is 1. The average Bonchev–Trinajstić information content (AvgIpc) is 2.25. The van der Waals surface area contributed by atoms with Crippen molar-refractivity contribution in [2.45, 2.75) is 26.7 Å². The summed E-state index contributed by atoms with van der Waals surface area (Å²) >= 11 is 0. The second kappa shape index (κ2) is 8.35. The highest BCUT2D eigenvalue weighted by atomic mass is 16.5. The number of nitrogens with one attached hydrogen (secondary N) is 2. The van der Waals surface area contributed by atoms with E-state index < -0.39 is 0 Å². The van der Waals surface area contributed by atoms with Crippen LogP contribution < -0.4 is 10.6 Å². The van der Waals surface area contributed by atoms with Crippen LogP contribution in [0.5, 0.6) is 0 Å². The third-order valence-corrected chi connectivity index (χ3v) is 2.34. The Balaban J connectivity index is 3.41. The maximum Gasteiger partial charge on any atom is 0.314 e. The van der Waals surface area contributed by atoms with Crippen LogP contribution in [0, 0.1) is 5.41 Å². The predicted molar refractivity (Wildman–Crippen MR) is 63.4 cm³/mol. The Kier molecular flexibility index (Phi) is 7.93. The summed E-state index contributed by atoms with van der Waals surface area (Å²) in [5, 5.41) is 14.5. The Hall–Kier alpha value is -0.810. The van der Waals surface area contributed by atoms with Crippen LogP contribution in [0.3, 0.4) is 0 Å². The lowest BCUT2D eigenvalue weighted by Gasteiger charge is -2.21. The average molecular weight is 232 g/mol. The molecule has 16 heavy (non-hydrogen) atoms. The molecule has 5 nitrogen and oxygen atoms in total. The van der Waals surface area contributed by atoms with Crippen molar-refractivity contribution >= 4 is 6.03 Å². The van der Waals surface area contributed by atoms with Crippen molar-refractivity contribution in [1.29, 1.82) is 0 Å². The van der Waals surface area contributed by atoms with Crippen molar-refractivity contribution in [3.63, 3.8) is 0 Å². The van der Waals surface area contributed by atoms with E-state index in [4.69, 9.17) is 9.84 Å². The van der Waals surface area contributed by atoms with Crippen LogP contribution in [0.25, 0.3) is 0 Å². The molecule has 0 atom stereocenters. The van der Waals surface area contributed by atoms with Crippen LogP contribution in [0.15, 0.2) is 0 Å². The van der Waals surface area contributed by atoms with E-state index in [9.17, 15) is 4.79 Å². The molecule has 0 aromatic heterocycles. The first-order valence-electron chi connectivity index (χ1n) is 5.63. The summed E-state index contributed by atoms with van der Waals surface area (Å²) < 4.78 is 4.81. The molecule has 0 aliphatic heterocycles. The number of carbonyl (C=O) groups excluding carboxylic acids is 1. The van der Waals surface area contributed by atoms with Crippen molar-refractivity contribution in [1.82, 2.24) is 10.6 Å². The number of hydrogen-bond donors (Lipinski definition) is 3. The summed E-state index contributed by atoms with van der Waals surface area (Å²) in [4.78, 5) is 11.2. The normalized spacial score (nSPS) is 11.2. The van der Waals surface area contributed by atoms with Gasteiger partial charge in [0, 0.05) is 26.8 Å². The summed E-state index contributed by atoms with van der Waals surface area (Å²) in [7, 11) is 1.59. The first-order valence-corrected chi connectivity index (χ1v) is 5.63. The molecular formula is C11H24N2O3. The maximum atomic E-state index is 11.2. The van der Waals surface area contributed by atoms with Crippen LogP contribution in [0.2, 0.25) is 0 Å².